The van der Waals surface area contributed by atoms with E-state index >= 15 is 0 Å². The van der Waals surface area contributed by atoms with E-state index in [2.05, 4.69) is 142 Å². The summed E-state index contributed by atoms with van der Waals surface area (Å²) in [7, 11) is 0. The first kappa shape index (κ1) is 63.5. The summed E-state index contributed by atoms with van der Waals surface area (Å²) in [5.41, 5.74) is 0. The van der Waals surface area contributed by atoms with Crippen LogP contribution in [0.4, 0.5) is 0 Å². The fraction of sp³-hybridized carbons (Fsp3) is 0.597. The molecule has 0 bridgehead atoms. The van der Waals surface area contributed by atoms with Gasteiger partial charge in [-0.15, -0.1) is 0 Å². The van der Waals surface area contributed by atoms with Crippen LogP contribution in [0.15, 0.2) is 134 Å². The Labute approximate surface area is 417 Å². The number of esters is 3. The largest absolute Gasteiger partial charge is 0.462 e. The van der Waals surface area contributed by atoms with Gasteiger partial charge >= 0.3 is 17.9 Å². The van der Waals surface area contributed by atoms with Crippen molar-refractivity contribution >= 4 is 17.9 Å². The molecule has 0 amide bonds. The highest BCUT2D eigenvalue weighted by Crippen LogP contribution is 2.12. The van der Waals surface area contributed by atoms with Crippen LogP contribution in [-0.4, -0.2) is 37.2 Å². The van der Waals surface area contributed by atoms with Crippen molar-refractivity contribution < 1.29 is 28.6 Å². The maximum Gasteiger partial charge on any atom is 0.306 e. The Bertz CT molecular complexity index is 1500. The molecule has 0 saturated carbocycles. The minimum atomic E-state index is -0.830. The molecule has 0 saturated heterocycles. The van der Waals surface area contributed by atoms with E-state index < -0.39 is 12.1 Å². The molecule has 68 heavy (non-hydrogen) atoms. The zero-order valence-corrected chi connectivity index (χ0v) is 43.6. The first-order chi connectivity index (χ1) is 33.5. The molecule has 0 heterocycles. The van der Waals surface area contributed by atoms with Crippen LogP contribution in [-0.2, 0) is 28.6 Å². The van der Waals surface area contributed by atoms with Gasteiger partial charge in [-0.2, -0.15) is 0 Å². The molecular formula is C62H98O6. The zero-order chi connectivity index (χ0) is 49.3. The highest BCUT2D eigenvalue weighted by molar-refractivity contribution is 5.71. The van der Waals surface area contributed by atoms with Gasteiger partial charge in [0.25, 0.3) is 0 Å². The van der Waals surface area contributed by atoms with Crippen LogP contribution in [0.25, 0.3) is 0 Å². The van der Waals surface area contributed by atoms with Crippen molar-refractivity contribution in [3.8, 4) is 0 Å². The fourth-order valence-electron chi connectivity index (χ4n) is 6.86. The Hall–Kier alpha value is -4.45. The van der Waals surface area contributed by atoms with Gasteiger partial charge in [0.1, 0.15) is 13.2 Å². The Morgan fingerprint density at radius 3 is 0.971 bits per heavy atom. The molecule has 1 atom stereocenters. The summed E-state index contributed by atoms with van der Waals surface area (Å²) in [4.78, 5) is 38.0. The molecular weight excluding hydrogens is 841 g/mol. The van der Waals surface area contributed by atoms with E-state index in [9.17, 15) is 14.4 Å². The van der Waals surface area contributed by atoms with Crippen LogP contribution < -0.4 is 0 Å². The first-order valence-electron chi connectivity index (χ1n) is 27.2. The van der Waals surface area contributed by atoms with Crippen LogP contribution in [0.3, 0.4) is 0 Å². The van der Waals surface area contributed by atoms with Crippen molar-refractivity contribution in [2.24, 2.45) is 0 Å². The second-order valence-electron chi connectivity index (χ2n) is 17.4. The molecule has 0 aliphatic heterocycles. The molecule has 0 rings (SSSR count). The van der Waals surface area contributed by atoms with Crippen LogP contribution in [0.1, 0.15) is 220 Å². The lowest BCUT2D eigenvalue weighted by molar-refractivity contribution is -0.166. The van der Waals surface area contributed by atoms with Gasteiger partial charge < -0.3 is 14.2 Å². The van der Waals surface area contributed by atoms with Crippen LogP contribution in [0.5, 0.6) is 0 Å². The lowest BCUT2D eigenvalue weighted by Crippen LogP contribution is -2.30. The number of allylic oxidation sites excluding steroid dienone is 22. The van der Waals surface area contributed by atoms with Crippen LogP contribution in [0.2, 0.25) is 0 Å². The van der Waals surface area contributed by atoms with Gasteiger partial charge in [-0.25, -0.2) is 0 Å². The van der Waals surface area contributed by atoms with E-state index in [1.54, 1.807) is 0 Å². The highest BCUT2D eigenvalue weighted by atomic mass is 16.6. The van der Waals surface area contributed by atoms with Crippen LogP contribution in [0, 0.1) is 0 Å². The fourth-order valence-corrected chi connectivity index (χ4v) is 6.86. The Balaban J connectivity index is 4.42. The van der Waals surface area contributed by atoms with E-state index in [1.165, 1.54) is 44.9 Å². The molecule has 0 radical (unpaired) electrons. The summed E-state index contributed by atoms with van der Waals surface area (Å²) < 4.78 is 16.7. The summed E-state index contributed by atoms with van der Waals surface area (Å²) >= 11 is 0. The lowest BCUT2D eigenvalue weighted by Gasteiger charge is -2.18. The van der Waals surface area contributed by atoms with Gasteiger partial charge in [0.2, 0.25) is 0 Å². The van der Waals surface area contributed by atoms with E-state index in [1.807, 2.05) is 12.2 Å². The van der Waals surface area contributed by atoms with Gasteiger partial charge in [0.05, 0.1) is 0 Å². The third kappa shape index (κ3) is 52.5. The molecule has 0 N–H and O–H groups in total. The third-order valence-electron chi connectivity index (χ3n) is 10.9. The van der Waals surface area contributed by atoms with Crippen molar-refractivity contribution in [2.45, 2.75) is 226 Å². The van der Waals surface area contributed by atoms with Crippen molar-refractivity contribution in [1.82, 2.24) is 0 Å². The van der Waals surface area contributed by atoms with E-state index in [0.29, 0.717) is 19.3 Å². The van der Waals surface area contributed by atoms with Crippen molar-refractivity contribution in [3.63, 3.8) is 0 Å². The number of ether oxygens (including phenoxy) is 3. The minimum Gasteiger partial charge on any atom is -0.462 e. The predicted molar refractivity (Wildman–Crippen MR) is 292 cm³/mol. The van der Waals surface area contributed by atoms with E-state index in [-0.39, 0.29) is 31.6 Å². The summed E-state index contributed by atoms with van der Waals surface area (Å²) in [5.74, 6) is -1.03. The summed E-state index contributed by atoms with van der Waals surface area (Å²) in [6.45, 7) is 6.28. The monoisotopic (exact) mass is 939 g/mol. The highest BCUT2D eigenvalue weighted by Gasteiger charge is 2.19. The molecule has 6 heteroatoms. The number of unbranched alkanes of at least 4 members (excludes halogenated alkanes) is 14. The maximum absolute atomic E-state index is 12.8. The second kappa shape index (κ2) is 55.1. The minimum absolute atomic E-state index is 0.120. The standard InChI is InChI=1S/C62H98O6/c1-4-7-10-13-16-19-22-25-26-27-28-29-30-31-32-33-34-35-36-38-40-43-46-49-52-55-61(64)67-58-59(57-66-60(63)54-51-48-45-42-39-24-21-18-15-12-9-6-3)68-62(65)56-53-50-47-44-41-37-23-20-17-14-11-8-5-2/h7-8,10-11,16-21,25-26,28-29,31-32,34-35,37,41,47,50,59H,4-6,9,12-15,22-24,27,30,33,36,38-40,42-46,48-49,51-58H2,1-3H3/b10-7-,11-8-,19-16-,20-17-,21-18-,26-25-,29-28-,32-31-,35-34-,41-37-,50-47-. The first-order valence-corrected chi connectivity index (χ1v) is 27.2. The van der Waals surface area contributed by atoms with E-state index in [0.717, 1.165) is 128 Å². The number of rotatable bonds is 47. The summed E-state index contributed by atoms with van der Waals surface area (Å²) in [6.07, 6.45) is 77.4. The molecule has 0 aliphatic carbocycles. The normalized spacial score (nSPS) is 13.2. The second-order valence-corrected chi connectivity index (χ2v) is 17.4. The number of hydrogen-bond acceptors (Lipinski definition) is 6. The topological polar surface area (TPSA) is 78.9 Å². The molecule has 6 nitrogen and oxygen atoms in total. The van der Waals surface area contributed by atoms with Gasteiger partial charge in [0, 0.05) is 19.3 Å². The van der Waals surface area contributed by atoms with Crippen molar-refractivity contribution in [2.75, 3.05) is 13.2 Å². The number of hydrogen-bond donors (Lipinski definition) is 0. The molecule has 0 aromatic rings. The van der Waals surface area contributed by atoms with Gasteiger partial charge in [-0.1, -0.05) is 212 Å². The third-order valence-corrected chi connectivity index (χ3v) is 10.9. The summed E-state index contributed by atoms with van der Waals surface area (Å²) in [6, 6.07) is 0. The molecule has 0 aromatic heterocycles. The van der Waals surface area contributed by atoms with Crippen molar-refractivity contribution in [3.05, 3.63) is 134 Å². The average Bonchev–Trinajstić information content (AvgIpc) is 3.34. The van der Waals surface area contributed by atoms with Gasteiger partial charge in [-0.3, -0.25) is 14.4 Å². The zero-order valence-electron chi connectivity index (χ0n) is 43.6. The van der Waals surface area contributed by atoms with Gasteiger partial charge in [0.15, 0.2) is 6.10 Å². The number of carbonyl (C=O) groups excluding carboxylic acids is 3. The van der Waals surface area contributed by atoms with E-state index in [4.69, 9.17) is 14.2 Å². The smallest absolute Gasteiger partial charge is 0.306 e. The maximum atomic E-state index is 12.8. The average molecular weight is 939 g/mol. The number of carbonyl (C=O) groups is 3. The van der Waals surface area contributed by atoms with Gasteiger partial charge in [-0.05, 0) is 122 Å². The Morgan fingerprint density at radius 1 is 0.309 bits per heavy atom. The lowest BCUT2D eigenvalue weighted by atomic mass is 10.1. The molecule has 1 unspecified atom stereocenters. The molecule has 0 fully saturated rings. The molecule has 0 aliphatic rings. The Morgan fingerprint density at radius 2 is 0.603 bits per heavy atom. The predicted octanol–water partition coefficient (Wildman–Crippen LogP) is 18.3. The SMILES string of the molecule is CC/C=C\C/C=C\C/C=C\C/C=C\C/C=C\C/C=C\CCCCCCCCC(=O)OCC(COC(=O)CCCCCCC/C=C\CCCCC)OC(=O)CC/C=C\C/C=C\C/C=C\C/C=C\CC. The molecule has 0 aromatic carbocycles. The molecule has 0 spiro atoms. The molecule has 382 valence electrons. The van der Waals surface area contributed by atoms with Crippen LogP contribution >= 0.6 is 0 Å². The van der Waals surface area contributed by atoms with Crippen molar-refractivity contribution in [1.29, 1.82) is 0 Å². The quantitative estimate of drug-likeness (QED) is 0.0262. The summed E-state index contributed by atoms with van der Waals surface area (Å²) in [5, 5.41) is 0. The Kier molecular flexibility index (Phi) is 51.5.